The number of hydrogen-bond donors (Lipinski definition) is 1. The van der Waals surface area contributed by atoms with Crippen molar-refractivity contribution in [2.75, 3.05) is 7.11 Å². The second kappa shape index (κ2) is 8.28. The van der Waals surface area contributed by atoms with Gasteiger partial charge in [-0.2, -0.15) is 5.26 Å². The van der Waals surface area contributed by atoms with Gasteiger partial charge in [0.15, 0.2) is 0 Å². The molecule has 22 heavy (non-hydrogen) atoms. The van der Waals surface area contributed by atoms with Gasteiger partial charge < -0.3 is 9.47 Å². The van der Waals surface area contributed by atoms with Crippen LogP contribution in [-0.2, 0) is 11.2 Å². The van der Waals surface area contributed by atoms with E-state index in [1.807, 2.05) is 30.3 Å². The number of alkyl halides is 3. The Kier molecular flexibility index (Phi) is 7.02. The van der Waals surface area contributed by atoms with Gasteiger partial charge in [-0.3, -0.25) is 5.41 Å². The first-order chi connectivity index (χ1) is 10.3. The molecule has 1 unspecified atom stereocenters. The first kappa shape index (κ1) is 18.6. The number of rotatable bonds is 6. The van der Waals surface area contributed by atoms with Gasteiger partial charge in [-0.1, -0.05) is 53.5 Å². The Balaban J connectivity index is 2.71. The van der Waals surface area contributed by atoms with E-state index in [1.54, 1.807) is 7.11 Å². The van der Waals surface area contributed by atoms with Crippen LogP contribution in [0.15, 0.2) is 36.4 Å². The quantitative estimate of drug-likeness (QED) is 0.352. The molecular weight excluding hydrogens is 347 g/mol. The van der Waals surface area contributed by atoms with Crippen molar-refractivity contribution >= 4 is 40.7 Å². The lowest BCUT2D eigenvalue weighted by molar-refractivity contribution is 0.212. The summed E-state index contributed by atoms with van der Waals surface area (Å²) in [5.41, 5.74) is 1.20. The largest absolute Gasteiger partial charge is 0.497 e. The Labute approximate surface area is 144 Å². The van der Waals surface area contributed by atoms with Crippen molar-refractivity contribution in [3.63, 3.8) is 0 Å². The predicted molar refractivity (Wildman–Crippen MR) is 89.0 cm³/mol. The van der Waals surface area contributed by atoms with Gasteiger partial charge in [0.25, 0.3) is 3.79 Å². The highest BCUT2D eigenvalue weighted by Crippen LogP contribution is 2.29. The molecule has 0 aliphatic rings. The predicted octanol–water partition coefficient (Wildman–Crippen LogP) is 4.44. The Morgan fingerprint density at radius 3 is 2.41 bits per heavy atom. The molecule has 118 valence electrons. The van der Waals surface area contributed by atoms with Crippen molar-refractivity contribution in [1.82, 2.24) is 0 Å². The zero-order chi connectivity index (χ0) is 16.8. The average Bonchev–Trinajstić information content (AvgIpc) is 2.49. The van der Waals surface area contributed by atoms with E-state index in [0.717, 1.165) is 11.3 Å². The summed E-state index contributed by atoms with van der Waals surface area (Å²) in [5.74, 6) is 0.226. The Morgan fingerprint density at radius 1 is 1.36 bits per heavy atom. The molecule has 1 rings (SSSR count). The molecule has 1 aromatic rings. The smallest absolute Gasteiger partial charge is 0.265 e. The highest BCUT2D eigenvalue weighted by atomic mass is 35.6. The third kappa shape index (κ3) is 5.76. The zero-order valence-electron chi connectivity index (χ0n) is 11.9. The Morgan fingerprint density at radius 2 is 1.95 bits per heavy atom. The molecule has 1 aromatic carbocycles. The lowest BCUT2D eigenvalue weighted by atomic mass is 10.0. The summed E-state index contributed by atoms with van der Waals surface area (Å²) in [6, 6.07) is 9.41. The third-order valence-corrected chi connectivity index (χ3v) is 3.42. The molecule has 0 heterocycles. The molecule has 4 nitrogen and oxygen atoms in total. The standard InChI is InChI=1S/C15H15Cl3N2O2/c1-10(9-19)13(22-14(20)15(16,17)18)8-5-11-3-6-12(21-2)7-4-11/h3-4,6-7,13,20H,1,5,8H2,2H3. The summed E-state index contributed by atoms with van der Waals surface area (Å²) >= 11 is 16.7. The van der Waals surface area contributed by atoms with Crippen LogP contribution in [0.4, 0.5) is 0 Å². The summed E-state index contributed by atoms with van der Waals surface area (Å²) in [6.45, 7) is 3.62. The molecule has 0 aromatic heterocycles. The molecule has 0 aliphatic carbocycles. The summed E-state index contributed by atoms with van der Waals surface area (Å²) in [5, 5.41) is 16.6. The molecule has 0 aliphatic heterocycles. The van der Waals surface area contributed by atoms with Gasteiger partial charge in [0, 0.05) is 0 Å². The fourth-order valence-corrected chi connectivity index (χ4v) is 1.81. The van der Waals surface area contributed by atoms with Crippen LogP contribution < -0.4 is 4.74 Å². The van der Waals surface area contributed by atoms with Gasteiger partial charge in [-0.25, -0.2) is 0 Å². The number of aryl methyl sites for hydroxylation is 1. The second-order valence-corrected chi connectivity index (χ2v) is 6.74. The van der Waals surface area contributed by atoms with Crippen molar-refractivity contribution in [2.45, 2.75) is 22.7 Å². The van der Waals surface area contributed by atoms with Gasteiger partial charge in [0.1, 0.15) is 11.9 Å². The number of hydrogen-bond acceptors (Lipinski definition) is 4. The first-order valence-electron chi connectivity index (χ1n) is 6.32. The summed E-state index contributed by atoms with van der Waals surface area (Å²) in [7, 11) is 1.60. The van der Waals surface area contributed by atoms with E-state index in [9.17, 15) is 0 Å². The van der Waals surface area contributed by atoms with Crippen molar-refractivity contribution in [3.8, 4) is 11.8 Å². The number of benzene rings is 1. The Bertz CT molecular complexity index is 574. The summed E-state index contributed by atoms with van der Waals surface area (Å²) in [6.07, 6.45) is 0.333. The van der Waals surface area contributed by atoms with E-state index in [1.165, 1.54) is 0 Å². The lowest BCUT2D eigenvalue weighted by Gasteiger charge is -2.21. The molecule has 1 atom stereocenters. The number of methoxy groups -OCH3 is 1. The molecule has 0 fully saturated rings. The van der Waals surface area contributed by atoms with Crippen molar-refractivity contribution in [1.29, 1.82) is 10.7 Å². The minimum Gasteiger partial charge on any atom is -0.497 e. The summed E-state index contributed by atoms with van der Waals surface area (Å²) < 4.78 is 8.40. The second-order valence-electron chi connectivity index (χ2n) is 4.46. The highest BCUT2D eigenvalue weighted by molar-refractivity contribution is 6.76. The van der Waals surface area contributed by atoms with Crippen LogP contribution in [0.1, 0.15) is 12.0 Å². The van der Waals surface area contributed by atoms with Crippen LogP contribution in [0.3, 0.4) is 0 Å². The summed E-state index contributed by atoms with van der Waals surface area (Å²) in [4.78, 5) is 0. The molecule has 0 bridgehead atoms. The molecule has 0 saturated carbocycles. The van der Waals surface area contributed by atoms with E-state index < -0.39 is 15.8 Å². The minimum absolute atomic E-state index is 0.174. The number of halogens is 3. The van der Waals surface area contributed by atoms with E-state index in [0.29, 0.717) is 12.8 Å². The fourth-order valence-electron chi connectivity index (χ4n) is 1.68. The molecule has 0 saturated heterocycles. The number of nitrogens with one attached hydrogen (secondary N) is 1. The maximum absolute atomic E-state index is 8.97. The monoisotopic (exact) mass is 360 g/mol. The number of ether oxygens (including phenoxy) is 2. The Hall–Kier alpha value is -1.41. The number of nitriles is 1. The minimum atomic E-state index is -1.96. The normalized spacial score (nSPS) is 12.1. The first-order valence-corrected chi connectivity index (χ1v) is 7.45. The SMILES string of the molecule is C=C(C#N)C(CCc1ccc(OC)cc1)OC(=N)C(Cl)(Cl)Cl. The van der Waals surface area contributed by atoms with Crippen molar-refractivity contribution < 1.29 is 9.47 Å². The zero-order valence-corrected chi connectivity index (χ0v) is 14.2. The van der Waals surface area contributed by atoms with Crippen LogP contribution in [-0.4, -0.2) is 22.9 Å². The molecular formula is C15H15Cl3N2O2. The van der Waals surface area contributed by atoms with E-state index >= 15 is 0 Å². The van der Waals surface area contributed by atoms with Gasteiger partial charge in [-0.15, -0.1) is 0 Å². The molecule has 0 radical (unpaired) electrons. The third-order valence-electron chi connectivity index (χ3n) is 2.90. The van der Waals surface area contributed by atoms with Crippen LogP contribution in [0.2, 0.25) is 0 Å². The lowest BCUT2D eigenvalue weighted by Crippen LogP contribution is -2.28. The maximum Gasteiger partial charge on any atom is 0.265 e. The van der Waals surface area contributed by atoms with E-state index in [4.69, 9.17) is 54.9 Å². The highest BCUT2D eigenvalue weighted by Gasteiger charge is 2.31. The van der Waals surface area contributed by atoms with E-state index in [-0.39, 0.29) is 5.57 Å². The van der Waals surface area contributed by atoms with Crippen molar-refractivity contribution in [2.24, 2.45) is 0 Å². The molecule has 1 N–H and O–H groups in total. The van der Waals surface area contributed by atoms with Gasteiger partial charge in [0.05, 0.1) is 18.8 Å². The van der Waals surface area contributed by atoms with Gasteiger partial charge in [0.2, 0.25) is 5.90 Å². The molecule has 0 spiro atoms. The van der Waals surface area contributed by atoms with Crippen LogP contribution >= 0.6 is 34.8 Å². The number of nitrogens with zero attached hydrogens (tertiary/aromatic N) is 1. The van der Waals surface area contributed by atoms with Crippen molar-refractivity contribution in [3.05, 3.63) is 42.0 Å². The fraction of sp³-hybridized carbons (Fsp3) is 0.333. The average molecular weight is 362 g/mol. The van der Waals surface area contributed by atoms with Gasteiger partial charge in [-0.05, 0) is 30.5 Å². The van der Waals surface area contributed by atoms with Crippen LogP contribution in [0.5, 0.6) is 5.75 Å². The maximum atomic E-state index is 8.97. The molecule has 0 amide bonds. The van der Waals surface area contributed by atoms with Crippen LogP contribution in [0.25, 0.3) is 0 Å². The molecule has 7 heteroatoms. The van der Waals surface area contributed by atoms with E-state index in [2.05, 4.69) is 6.58 Å². The van der Waals surface area contributed by atoms with Crippen LogP contribution in [0, 0.1) is 16.7 Å². The van der Waals surface area contributed by atoms with Gasteiger partial charge >= 0.3 is 0 Å². The topological polar surface area (TPSA) is 66.1 Å².